The van der Waals surface area contributed by atoms with E-state index < -0.39 is 3.34 Å². The van der Waals surface area contributed by atoms with Crippen molar-refractivity contribution in [2.45, 2.75) is 3.34 Å². The van der Waals surface area contributed by atoms with Gasteiger partial charge in [0.05, 0.1) is 0 Å². The monoisotopic (exact) mass is 503 g/mol. The van der Waals surface area contributed by atoms with Gasteiger partial charge in [-0.25, -0.2) is 0 Å². The number of allylic oxidation sites excluding steroid dienone is 3. The fourth-order valence-electron chi connectivity index (χ4n) is 1.35. The number of hydrogen-bond acceptors (Lipinski definition) is 2. The van der Waals surface area contributed by atoms with Crippen molar-refractivity contribution in [2.24, 2.45) is 15.9 Å². The molecule has 16 heavy (non-hydrogen) atoms. The summed E-state index contributed by atoms with van der Waals surface area (Å²) in [5.41, 5.74) is 0.885. The number of nitrogens with zero attached hydrogens (tertiary/aromatic N) is 2. The van der Waals surface area contributed by atoms with Crippen LogP contribution in [0.3, 0.4) is 0 Å². The molecule has 0 aromatic heterocycles. The Hall–Kier alpha value is 2.11. The van der Waals surface area contributed by atoms with Crippen LogP contribution in [0.5, 0.6) is 0 Å². The van der Waals surface area contributed by atoms with Gasteiger partial charge in [-0.3, -0.25) is 0 Å². The maximum Gasteiger partial charge on any atom is 0 e. The zero-order valence-corrected chi connectivity index (χ0v) is 17.4. The molecule has 1 aliphatic heterocycles. The van der Waals surface area contributed by atoms with Crippen LogP contribution in [0.1, 0.15) is 0 Å². The molecule has 2 nitrogen and oxygen atoms in total. The first-order valence-electron chi connectivity index (χ1n) is 3.90. The van der Waals surface area contributed by atoms with Crippen molar-refractivity contribution in [3.8, 4) is 0 Å². The molecule has 0 spiro atoms. The minimum Gasteiger partial charge on any atom is 0 e. The fourth-order valence-corrected chi connectivity index (χ4v) is 4.30. The van der Waals surface area contributed by atoms with Gasteiger partial charge in [0.15, 0.2) is 0 Å². The average Bonchev–Trinajstić information content (AvgIpc) is 2.06. The van der Waals surface area contributed by atoms with Crippen LogP contribution >= 0.6 is 43.5 Å². The molecular formula is C8H3Br2ClN2NaSe2. The standard InChI is InChI=1S/C8H3Br2ClN2Se2.Na/c9-3-1-4-6(5(10)2-3)12-7(11)13-8(4,14)15;/h1-2,4H;. The molecule has 0 bridgehead atoms. The summed E-state index contributed by atoms with van der Waals surface area (Å²) >= 11 is 18.8. The number of amidine groups is 1. The Labute approximate surface area is 154 Å². The van der Waals surface area contributed by atoms with Gasteiger partial charge in [0.25, 0.3) is 0 Å². The van der Waals surface area contributed by atoms with Gasteiger partial charge in [-0.15, -0.1) is 0 Å². The number of fused-ring (bicyclic) bond motifs is 1. The summed E-state index contributed by atoms with van der Waals surface area (Å²) in [7, 11) is 0. The summed E-state index contributed by atoms with van der Waals surface area (Å²) in [5.74, 6) is 0.0498. The Morgan fingerprint density at radius 1 is 1.38 bits per heavy atom. The van der Waals surface area contributed by atoms with Crippen LogP contribution in [0.15, 0.2) is 31.1 Å². The molecule has 1 unspecified atom stereocenters. The van der Waals surface area contributed by atoms with Crippen LogP contribution in [0.4, 0.5) is 0 Å². The van der Waals surface area contributed by atoms with Gasteiger partial charge in [-0.1, -0.05) is 0 Å². The Morgan fingerprint density at radius 2 is 2.00 bits per heavy atom. The number of rotatable bonds is 0. The van der Waals surface area contributed by atoms with Crippen molar-refractivity contribution in [3.63, 3.8) is 0 Å². The van der Waals surface area contributed by atoms with E-state index in [-0.39, 0.29) is 40.8 Å². The second-order valence-corrected chi connectivity index (χ2v) is 9.06. The van der Waals surface area contributed by atoms with Crippen LogP contribution in [0.25, 0.3) is 0 Å². The van der Waals surface area contributed by atoms with Crippen LogP contribution < -0.4 is 0 Å². The van der Waals surface area contributed by atoms with E-state index in [1.54, 1.807) is 0 Å². The average molecular weight is 503 g/mol. The third-order valence-electron chi connectivity index (χ3n) is 1.98. The van der Waals surface area contributed by atoms with Crippen LogP contribution in [-0.4, -0.2) is 75.9 Å². The van der Waals surface area contributed by atoms with E-state index in [2.05, 4.69) is 73.9 Å². The molecule has 1 heterocycles. The summed E-state index contributed by atoms with van der Waals surface area (Å²) < 4.78 is 1.42. The van der Waals surface area contributed by atoms with Crippen molar-refractivity contribution in [2.75, 3.05) is 0 Å². The minimum absolute atomic E-state index is 0. The zero-order chi connectivity index (χ0) is 11.2. The van der Waals surface area contributed by atoms with Gasteiger partial charge in [0, 0.05) is 29.6 Å². The third kappa shape index (κ3) is 3.35. The SMILES string of the molecule is ClC1=NC([Se])([Se])C2C=C(Br)C=C(Br)C2=N1.[Na]. The van der Waals surface area contributed by atoms with E-state index >= 15 is 0 Å². The van der Waals surface area contributed by atoms with E-state index in [1.807, 2.05) is 12.2 Å². The summed E-state index contributed by atoms with van der Waals surface area (Å²) in [6.45, 7) is 0. The summed E-state index contributed by atoms with van der Waals surface area (Å²) in [4.78, 5) is 8.46. The molecule has 8 heteroatoms. The smallest absolute Gasteiger partial charge is 0 e. The molecular weight excluding hydrogens is 500 g/mol. The van der Waals surface area contributed by atoms with Crippen molar-refractivity contribution in [1.82, 2.24) is 0 Å². The van der Waals surface area contributed by atoms with E-state index in [0.29, 0.717) is 0 Å². The minimum atomic E-state index is -0.500. The molecule has 1 atom stereocenters. The maximum atomic E-state index is 5.86. The first kappa shape index (κ1) is 16.2. The summed E-state index contributed by atoms with van der Waals surface area (Å²) in [5, 5.41) is 0.260. The van der Waals surface area contributed by atoms with Crippen molar-refractivity contribution in [1.29, 1.82) is 0 Å². The fraction of sp³-hybridized carbons (Fsp3) is 0.250. The zero-order valence-electron chi connectivity index (χ0n) is 8.08. The van der Waals surface area contributed by atoms with Crippen LogP contribution in [-0.2, 0) is 0 Å². The molecule has 0 saturated heterocycles. The Morgan fingerprint density at radius 3 is 2.62 bits per heavy atom. The second kappa shape index (κ2) is 6.04. The second-order valence-electron chi connectivity index (χ2n) is 3.03. The maximum absolute atomic E-state index is 5.86. The predicted molar refractivity (Wildman–Crippen MR) is 78.2 cm³/mol. The van der Waals surface area contributed by atoms with E-state index in [4.69, 9.17) is 11.6 Å². The van der Waals surface area contributed by atoms with Crippen LogP contribution in [0, 0.1) is 5.92 Å². The normalized spacial score (nSPS) is 26.7. The van der Waals surface area contributed by atoms with Crippen molar-refractivity contribution >= 4 is 116 Å². The first-order valence-corrected chi connectivity index (χ1v) is 7.57. The summed E-state index contributed by atoms with van der Waals surface area (Å²) in [6.07, 6.45) is 3.99. The molecule has 2 rings (SSSR count). The van der Waals surface area contributed by atoms with Gasteiger partial charge >= 0.3 is 127 Å². The van der Waals surface area contributed by atoms with Crippen LogP contribution in [0.2, 0.25) is 0 Å². The molecule has 0 aromatic carbocycles. The molecule has 1 aliphatic carbocycles. The van der Waals surface area contributed by atoms with Gasteiger partial charge in [-0.05, 0) is 0 Å². The molecule has 0 N–H and O–H groups in total. The quantitative estimate of drug-likeness (QED) is 0.356. The largest absolute Gasteiger partial charge is 0 e. The number of halogens is 3. The van der Waals surface area contributed by atoms with Gasteiger partial charge in [0.1, 0.15) is 0 Å². The first-order chi connectivity index (χ1) is 6.90. The van der Waals surface area contributed by atoms with E-state index in [9.17, 15) is 0 Å². The molecule has 0 amide bonds. The Bertz CT molecular complexity index is 445. The van der Waals surface area contributed by atoms with Gasteiger partial charge in [-0.2, -0.15) is 0 Å². The predicted octanol–water partition coefficient (Wildman–Crippen LogP) is 1.83. The number of aliphatic imine (C=N–C) groups is 2. The van der Waals surface area contributed by atoms with Crippen molar-refractivity contribution < 1.29 is 0 Å². The molecule has 79 valence electrons. The number of hydrogen-bond donors (Lipinski definition) is 0. The van der Waals surface area contributed by atoms with E-state index in [1.165, 1.54) is 0 Å². The van der Waals surface area contributed by atoms with Gasteiger partial charge in [0.2, 0.25) is 0 Å². The Kier molecular flexibility index (Phi) is 6.10. The van der Waals surface area contributed by atoms with Crippen molar-refractivity contribution in [3.05, 3.63) is 21.1 Å². The molecule has 3 radical (unpaired) electrons. The Balaban J connectivity index is 0.00000128. The molecule has 0 aromatic rings. The molecule has 0 fully saturated rings. The topological polar surface area (TPSA) is 24.7 Å². The third-order valence-corrected chi connectivity index (χ3v) is 4.73. The van der Waals surface area contributed by atoms with Gasteiger partial charge < -0.3 is 0 Å². The molecule has 2 aliphatic rings. The molecule has 0 saturated carbocycles. The summed E-state index contributed by atoms with van der Waals surface area (Å²) in [6, 6.07) is 0. The van der Waals surface area contributed by atoms with E-state index in [0.717, 1.165) is 14.7 Å².